The van der Waals surface area contributed by atoms with E-state index in [0.29, 0.717) is 12.2 Å². The second-order valence-electron chi connectivity index (χ2n) is 5.41. The number of para-hydroxylation sites is 1. The van der Waals surface area contributed by atoms with E-state index in [4.69, 9.17) is 0 Å². The van der Waals surface area contributed by atoms with Crippen LogP contribution < -0.4 is 10.6 Å². The summed E-state index contributed by atoms with van der Waals surface area (Å²) in [5, 5.41) is 6.17. The van der Waals surface area contributed by atoms with Gasteiger partial charge in [-0.1, -0.05) is 18.2 Å². The Hall–Kier alpha value is -3.21. The number of benzene rings is 1. The molecule has 0 atom stereocenters. The van der Waals surface area contributed by atoms with Crippen LogP contribution in [0.25, 0.3) is 0 Å². The van der Waals surface area contributed by atoms with Crippen molar-refractivity contribution in [3.8, 4) is 0 Å². The van der Waals surface area contributed by atoms with Gasteiger partial charge in [0, 0.05) is 36.5 Å². The molecule has 0 spiro atoms. The van der Waals surface area contributed by atoms with E-state index in [1.807, 2.05) is 49.4 Å². The van der Waals surface area contributed by atoms with Crippen LogP contribution >= 0.6 is 0 Å². The molecule has 1 amide bonds. The van der Waals surface area contributed by atoms with E-state index in [1.54, 1.807) is 24.7 Å². The molecule has 5 nitrogen and oxygen atoms in total. The average Bonchev–Trinajstić information content (AvgIpc) is 2.63. The normalized spacial score (nSPS) is 10.2. The molecule has 5 heteroatoms. The molecule has 0 radical (unpaired) electrons. The summed E-state index contributed by atoms with van der Waals surface area (Å²) in [5.41, 5.74) is 4.34. The fourth-order valence-corrected chi connectivity index (χ4v) is 2.27. The second-order valence-corrected chi connectivity index (χ2v) is 5.41. The summed E-state index contributed by atoms with van der Waals surface area (Å²) in [6.07, 6.45) is 5.03. The smallest absolute Gasteiger partial charge is 0.270 e. The molecule has 0 bridgehead atoms. The Morgan fingerprint density at radius 3 is 2.62 bits per heavy atom. The Kier molecular flexibility index (Phi) is 4.81. The predicted molar refractivity (Wildman–Crippen MR) is 94.1 cm³/mol. The van der Waals surface area contributed by atoms with Crippen molar-refractivity contribution in [1.29, 1.82) is 0 Å². The minimum atomic E-state index is -0.208. The third-order valence-corrected chi connectivity index (χ3v) is 3.62. The van der Waals surface area contributed by atoms with E-state index in [9.17, 15) is 4.79 Å². The molecule has 0 saturated heterocycles. The number of amides is 1. The van der Waals surface area contributed by atoms with Gasteiger partial charge in [-0.05, 0) is 48.4 Å². The van der Waals surface area contributed by atoms with E-state index >= 15 is 0 Å². The van der Waals surface area contributed by atoms with Gasteiger partial charge in [0.05, 0.1) is 0 Å². The highest BCUT2D eigenvalue weighted by Crippen LogP contribution is 2.20. The molecule has 0 saturated carbocycles. The molecule has 0 aliphatic rings. The Morgan fingerprint density at radius 2 is 1.83 bits per heavy atom. The highest BCUT2D eigenvalue weighted by Gasteiger charge is 2.08. The molecular formula is C19H18N4O. The third kappa shape index (κ3) is 3.95. The zero-order valence-corrected chi connectivity index (χ0v) is 13.4. The van der Waals surface area contributed by atoms with Gasteiger partial charge < -0.3 is 10.6 Å². The molecular weight excluding hydrogens is 300 g/mol. The van der Waals surface area contributed by atoms with Crippen LogP contribution in [0.3, 0.4) is 0 Å². The van der Waals surface area contributed by atoms with E-state index in [1.165, 1.54) is 0 Å². The van der Waals surface area contributed by atoms with Crippen molar-refractivity contribution in [3.05, 3.63) is 83.9 Å². The third-order valence-electron chi connectivity index (χ3n) is 3.62. The number of pyridine rings is 2. The van der Waals surface area contributed by atoms with Crippen molar-refractivity contribution in [2.45, 2.75) is 13.5 Å². The van der Waals surface area contributed by atoms with Crippen LogP contribution in [-0.2, 0) is 6.54 Å². The van der Waals surface area contributed by atoms with Gasteiger partial charge in [-0.25, -0.2) is 0 Å². The first kappa shape index (κ1) is 15.7. The maximum absolute atomic E-state index is 12.3. The first-order valence-electron chi connectivity index (χ1n) is 7.68. The average molecular weight is 318 g/mol. The van der Waals surface area contributed by atoms with Crippen LogP contribution in [0.5, 0.6) is 0 Å². The summed E-state index contributed by atoms with van der Waals surface area (Å²) in [6.45, 7) is 2.48. The number of rotatable bonds is 5. The van der Waals surface area contributed by atoms with Crippen LogP contribution in [0.1, 0.15) is 21.6 Å². The molecule has 120 valence electrons. The molecule has 0 unspecified atom stereocenters. The highest BCUT2D eigenvalue weighted by atomic mass is 16.1. The standard InChI is InChI=1S/C19H18N4O/c1-14-4-2-3-5-17(14)23-16-8-11-21-18(12-16)19(24)22-13-15-6-9-20-10-7-15/h2-12H,13H2,1H3,(H,21,23)(H,22,24). The quantitative estimate of drug-likeness (QED) is 0.756. The molecule has 0 aliphatic carbocycles. The number of aryl methyl sites for hydroxylation is 1. The van der Waals surface area contributed by atoms with E-state index < -0.39 is 0 Å². The Morgan fingerprint density at radius 1 is 1.04 bits per heavy atom. The maximum atomic E-state index is 12.3. The zero-order valence-electron chi connectivity index (χ0n) is 13.4. The number of carbonyl (C=O) groups is 1. The van der Waals surface area contributed by atoms with Gasteiger partial charge >= 0.3 is 0 Å². The first-order valence-corrected chi connectivity index (χ1v) is 7.68. The summed E-state index contributed by atoms with van der Waals surface area (Å²) < 4.78 is 0. The molecule has 0 aliphatic heterocycles. The van der Waals surface area contributed by atoms with Gasteiger partial charge in [-0.15, -0.1) is 0 Å². The molecule has 3 rings (SSSR count). The minimum absolute atomic E-state index is 0.208. The van der Waals surface area contributed by atoms with Crippen LogP contribution in [0.15, 0.2) is 67.1 Å². The molecule has 2 aromatic heterocycles. The fourth-order valence-electron chi connectivity index (χ4n) is 2.27. The van der Waals surface area contributed by atoms with Crippen molar-refractivity contribution in [2.75, 3.05) is 5.32 Å². The van der Waals surface area contributed by atoms with Crippen LogP contribution in [0, 0.1) is 6.92 Å². The Bertz CT molecular complexity index is 834. The number of nitrogens with one attached hydrogen (secondary N) is 2. The van der Waals surface area contributed by atoms with Crippen LogP contribution in [0.4, 0.5) is 11.4 Å². The summed E-state index contributed by atoms with van der Waals surface area (Å²) in [6, 6.07) is 15.3. The zero-order chi connectivity index (χ0) is 16.8. The lowest BCUT2D eigenvalue weighted by molar-refractivity contribution is 0.0946. The van der Waals surface area contributed by atoms with Crippen molar-refractivity contribution >= 4 is 17.3 Å². The van der Waals surface area contributed by atoms with Crippen LogP contribution in [0.2, 0.25) is 0 Å². The number of hydrogen-bond acceptors (Lipinski definition) is 4. The van der Waals surface area contributed by atoms with Crippen molar-refractivity contribution < 1.29 is 4.79 Å². The summed E-state index contributed by atoms with van der Waals surface area (Å²) in [5.74, 6) is -0.208. The molecule has 2 N–H and O–H groups in total. The molecule has 1 aromatic carbocycles. The van der Waals surface area contributed by atoms with E-state index in [-0.39, 0.29) is 5.91 Å². The number of aromatic nitrogens is 2. The Balaban J connectivity index is 1.68. The lowest BCUT2D eigenvalue weighted by Crippen LogP contribution is -2.23. The summed E-state index contributed by atoms with van der Waals surface area (Å²) in [4.78, 5) is 20.4. The number of anilines is 2. The second kappa shape index (κ2) is 7.37. The number of carbonyl (C=O) groups excluding carboxylic acids is 1. The van der Waals surface area contributed by atoms with Gasteiger partial charge in [0.25, 0.3) is 5.91 Å². The maximum Gasteiger partial charge on any atom is 0.270 e. The lowest BCUT2D eigenvalue weighted by Gasteiger charge is -2.10. The van der Waals surface area contributed by atoms with Gasteiger partial charge in [-0.3, -0.25) is 14.8 Å². The van der Waals surface area contributed by atoms with Crippen LogP contribution in [-0.4, -0.2) is 15.9 Å². The summed E-state index contributed by atoms with van der Waals surface area (Å²) >= 11 is 0. The monoisotopic (exact) mass is 318 g/mol. The number of hydrogen-bond donors (Lipinski definition) is 2. The van der Waals surface area contributed by atoms with Gasteiger partial charge in [-0.2, -0.15) is 0 Å². The predicted octanol–water partition coefficient (Wildman–Crippen LogP) is 3.46. The van der Waals surface area contributed by atoms with Crippen molar-refractivity contribution in [3.63, 3.8) is 0 Å². The highest BCUT2D eigenvalue weighted by molar-refractivity contribution is 5.93. The van der Waals surface area contributed by atoms with Gasteiger partial charge in [0.1, 0.15) is 5.69 Å². The van der Waals surface area contributed by atoms with Crippen molar-refractivity contribution in [1.82, 2.24) is 15.3 Å². The topological polar surface area (TPSA) is 66.9 Å². The summed E-state index contributed by atoms with van der Waals surface area (Å²) in [7, 11) is 0. The Labute approximate surface area is 140 Å². The van der Waals surface area contributed by atoms with E-state index in [2.05, 4.69) is 20.6 Å². The SMILES string of the molecule is Cc1ccccc1Nc1ccnc(C(=O)NCc2ccncc2)c1. The first-order chi connectivity index (χ1) is 11.7. The van der Waals surface area contributed by atoms with Gasteiger partial charge in [0.2, 0.25) is 0 Å². The molecule has 3 aromatic rings. The molecule has 2 heterocycles. The van der Waals surface area contributed by atoms with Crippen molar-refractivity contribution in [2.24, 2.45) is 0 Å². The lowest BCUT2D eigenvalue weighted by atomic mass is 10.2. The molecule has 0 fully saturated rings. The molecule has 24 heavy (non-hydrogen) atoms. The minimum Gasteiger partial charge on any atom is -0.355 e. The fraction of sp³-hybridized carbons (Fsp3) is 0.105. The largest absolute Gasteiger partial charge is 0.355 e. The number of nitrogens with zero attached hydrogens (tertiary/aromatic N) is 2. The van der Waals surface area contributed by atoms with E-state index in [0.717, 1.165) is 22.5 Å². The van der Waals surface area contributed by atoms with Gasteiger partial charge in [0.15, 0.2) is 0 Å².